The molecule has 4 aromatic rings. The van der Waals surface area contributed by atoms with Crippen LogP contribution < -0.4 is 10.2 Å². The molecule has 5 rings (SSSR count). The van der Waals surface area contributed by atoms with E-state index in [1.54, 1.807) is 19.2 Å². The van der Waals surface area contributed by atoms with Crippen LogP contribution in [-0.2, 0) is 22.8 Å². The summed E-state index contributed by atoms with van der Waals surface area (Å²) in [4.78, 5) is 19.9. The fraction of sp³-hybridized carbons (Fsp3) is 0.417. The van der Waals surface area contributed by atoms with Crippen LogP contribution in [0.15, 0.2) is 41.9 Å². The fourth-order valence-electron chi connectivity index (χ4n) is 4.42. The maximum absolute atomic E-state index is 11.8. The molecule has 0 amide bonds. The summed E-state index contributed by atoms with van der Waals surface area (Å²) in [5.41, 5.74) is 3.33. The van der Waals surface area contributed by atoms with E-state index in [9.17, 15) is 8.42 Å². The zero-order valence-corrected chi connectivity index (χ0v) is 21.4. The molecule has 1 fully saturated rings. The van der Waals surface area contributed by atoms with Crippen molar-refractivity contribution in [3.8, 4) is 0 Å². The van der Waals surface area contributed by atoms with Crippen molar-refractivity contribution in [2.45, 2.75) is 50.6 Å². The highest BCUT2D eigenvalue weighted by atomic mass is 32.2. The van der Waals surface area contributed by atoms with Gasteiger partial charge in [0.25, 0.3) is 0 Å². The Morgan fingerprint density at radius 3 is 2.50 bits per heavy atom. The second-order valence-electron chi connectivity index (χ2n) is 9.05. The standard InChI is InChI=1S/C24H29N9O2S/c1-4-17-13-27-24(28-14-17)32-10-7-18(8-11-32)22-30-31-23-21(25-9-12-33(22)23)26-15-19-5-6-20(29-16(19)2)36(3,34)35/h5-6,9,12-14,18H,4,7-8,10-11,15H2,1-3H3,(H,25,26). The molecule has 12 heteroatoms. The third-order valence-electron chi connectivity index (χ3n) is 6.59. The molecular formula is C24H29N9O2S. The van der Waals surface area contributed by atoms with E-state index in [0.29, 0.717) is 23.7 Å². The number of nitrogens with one attached hydrogen (secondary N) is 1. The van der Waals surface area contributed by atoms with Gasteiger partial charge in [0.15, 0.2) is 20.7 Å². The van der Waals surface area contributed by atoms with Gasteiger partial charge in [-0.2, -0.15) is 0 Å². The van der Waals surface area contributed by atoms with Crippen LogP contribution in [0.25, 0.3) is 5.65 Å². The molecule has 0 bridgehead atoms. The second kappa shape index (κ2) is 9.76. The molecule has 1 aliphatic rings. The quantitative estimate of drug-likeness (QED) is 0.398. The molecule has 1 saturated heterocycles. The molecule has 36 heavy (non-hydrogen) atoms. The van der Waals surface area contributed by atoms with Gasteiger partial charge in [0, 0.05) is 62.3 Å². The molecule has 4 aromatic heterocycles. The third-order valence-corrected chi connectivity index (χ3v) is 7.58. The monoisotopic (exact) mass is 507 g/mol. The number of nitrogens with zero attached hydrogens (tertiary/aromatic N) is 8. The first kappa shape index (κ1) is 24.0. The van der Waals surface area contributed by atoms with Crippen molar-refractivity contribution in [1.29, 1.82) is 0 Å². The van der Waals surface area contributed by atoms with E-state index >= 15 is 0 Å². The maximum Gasteiger partial charge on any atom is 0.225 e. The highest BCUT2D eigenvalue weighted by molar-refractivity contribution is 7.90. The van der Waals surface area contributed by atoms with Crippen molar-refractivity contribution in [2.75, 3.05) is 29.6 Å². The lowest BCUT2D eigenvalue weighted by Gasteiger charge is -2.31. The zero-order valence-electron chi connectivity index (χ0n) is 20.6. The molecule has 188 valence electrons. The Balaban J connectivity index is 1.28. The van der Waals surface area contributed by atoms with Crippen LogP contribution in [0.4, 0.5) is 11.8 Å². The zero-order chi connectivity index (χ0) is 25.3. The Hall–Kier alpha value is -3.67. The van der Waals surface area contributed by atoms with Crippen molar-refractivity contribution in [1.82, 2.24) is 34.5 Å². The van der Waals surface area contributed by atoms with Gasteiger partial charge >= 0.3 is 0 Å². The Labute approximate surface area is 210 Å². The summed E-state index contributed by atoms with van der Waals surface area (Å²) >= 11 is 0. The summed E-state index contributed by atoms with van der Waals surface area (Å²) in [5.74, 6) is 2.59. The molecule has 0 spiro atoms. The summed E-state index contributed by atoms with van der Waals surface area (Å²) in [6.07, 6.45) is 11.4. The average molecular weight is 508 g/mol. The summed E-state index contributed by atoms with van der Waals surface area (Å²) in [7, 11) is -3.34. The third kappa shape index (κ3) is 4.85. The molecule has 1 aliphatic heterocycles. The van der Waals surface area contributed by atoms with Gasteiger partial charge in [-0.15, -0.1) is 10.2 Å². The molecule has 5 heterocycles. The Bertz CT molecular complexity index is 1480. The van der Waals surface area contributed by atoms with E-state index in [-0.39, 0.29) is 10.9 Å². The first-order chi connectivity index (χ1) is 17.3. The molecule has 0 saturated carbocycles. The number of aromatic nitrogens is 7. The minimum Gasteiger partial charge on any atom is -0.363 e. The first-order valence-electron chi connectivity index (χ1n) is 12.0. The Kier molecular flexibility index (Phi) is 6.52. The lowest BCUT2D eigenvalue weighted by atomic mass is 9.96. The smallest absolute Gasteiger partial charge is 0.225 e. The van der Waals surface area contributed by atoms with Crippen molar-refractivity contribution in [3.05, 3.63) is 59.6 Å². The van der Waals surface area contributed by atoms with Crippen molar-refractivity contribution < 1.29 is 8.42 Å². The van der Waals surface area contributed by atoms with Crippen LogP contribution >= 0.6 is 0 Å². The van der Waals surface area contributed by atoms with E-state index < -0.39 is 9.84 Å². The molecule has 0 unspecified atom stereocenters. The van der Waals surface area contributed by atoms with Gasteiger partial charge in [-0.3, -0.25) is 4.40 Å². The highest BCUT2D eigenvalue weighted by Crippen LogP contribution is 2.29. The van der Waals surface area contributed by atoms with Crippen LogP contribution in [0.5, 0.6) is 0 Å². The lowest BCUT2D eigenvalue weighted by Crippen LogP contribution is -2.34. The van der Waals surface area contributed by atoms with Crippen LogP contribution in [0.2, 0.25) is 0 Å². The molecule has 1 N–H and O–H groups in total. The van der Waals surface area contributed by atoms with Gasteiger partial charge in [-0.05, 0) is 43.4 Å². The van der Waals surface area contributed by atoms with Crippen molar-refractivity contribution in [3.63, 3.8) is 0 Å². The molecule has 0 aromatic carbocycles. The van der Waals surface area contributed by atoms with E-state index in [1.165, 1.54) is 6.07 Å². The first-order valence-corrected chi connectivity index (χ1v) is 13.9. The summed E-state index contributed by atoms with van der Waals surface area (Å²) < 4.78 is 25.5. The van der Waals surface area contributed by atoms with Gasteiger partial charge in [-0.1, -0.05) is 13.0 Å². The number of hydrogen-bond donors (Lipinski definition) is 1. The number of fused-ring (bicyclic) bond motifs is 1. The minimum atomic E-state index is -3.34. The average Bonchev–Trinajstić information content (AvgIpc) is 3.32. The van der Waals surface area contributed by atoms with E-state index in [0.717, 1.165) is 61.5 Å². The number of aryl methyl sites for hydroxylation is 2. The molecule has 0 atom stereocenters. The Morgan fingerprint density at radius 1 is 1.08 bits per heavy atom. The van der Waals surface area contributed by atoms with Crippen LogP contribution in [0.3, 0.4) is 0 Å². The van der Waals surface area contributed by atoms with Gasteiger partial charge in [0.05, 0.1) is 0 Å². The summed E-state index contributed by atoms with van der Waals surface area (Å²) in [6, 6.07) is 3.30. The Morgan fingerprint density at radius 2 is 1.83 bits per heavy atom. The number of piperidine rings is 1. The van der Waals surface area contributed by atoms with Crippen molar-refractivity contribution >= 4 is 27.3 Å². The summed E-state index contributed by atoms with van der Waals surface area (Å²) in [5, 5.41) is 12.3. The van der Waals surface area contributed by atoms with E-state index in [1.807, 2.05) is 23.0 Å². The number of hydrogen-bond acceptors (Lipinski definition) is 10. The highest BCUT2D eigenvalue weighted by Gasteiger charge is 2.26. The fourth-order valence-corrected chi connectivity index (χ4v) is 5.04. The second-order valence-corrected chi connectivity index (χ2v) is 11.0. The van der Waals surface area contributed by atoms with Crippen LogP contribution in [-0.4, -0.2) is 62.3 Å². The van der Waals surface area contributed by atoms with Gasteiger partial charge in [0.2, 0.25) is 11.6 Å². The largest absolute Gasteiger partial charge is 0.363 e. The van der Waals surface area contributed by atoms with Gasteiger partial charge < -0.3 is 10.2 Å². The molecular weight excluding hydrogens is 478 g/mol. The SMILES string of the molecule is CCc1cnc(N2CCC(c3nnc4c(NCc5ccc(S(C)(=O)=O)nc5C)nccn34)CC2)nc1. The van der Waals surface area contributed by atoms with Gasteiger partial charge in [-0.25, -0.2) is 28.4 Å². The van der Waals surface area contributed by atoms with Crippen LogP contribution in [0, 0.1) is 6.92 Å². The number of anilines is 2. The number of pyridine rings is 1. The summed E-state index contributed by atoms with van der Waals surface area (Å²) in [6.45, 7) is 6.05. The van der Waals surface area contributed by atoms with Gasteiger partial charge in [0.1, 0.15) is 5.82 Å². The maximum atomic E-state index is 11.8. The van der Waals surface area contributed by atoms with E-state index in [4.69, 9.17) is 0 Å². The molecule has 0 aliphatic carbocycles. The molecule has 11 nitrogen and oxygen atoms in total. The lowest BCUT2D eigenvalue weighted by molar-refractivity contribution is 0.477. The normalized spacial score (nSPS) is 14.9. The number of sulfone groups is 1. The predicted octanol–water partition coefficient (Wildman–Crippen LogP) is 2.58. The van der Waals surface area contributed by atoms with E-state index in [2.05, 4.69) is 47.3 Å². The minimum absolute atomic E-state index is 0.0710. The predicted molar refractivity (Wildman–Crippen MR) is 136 cm³/mol. The topological polar surface area (TPSA) is 131 Å². The number of rotatable bonds is 7. The molecule has 0 radical (unpaired) electrons. The van der Waals surface area contributed by atoms with Crippen LogP contribution in [0.1, 0.15) is 48.3 Å². The van der Waals surface area contributed by atoms with Crippen molar-refractivity contribution in [2.24, 2.45) is 0 Å².